The molecule has 5 nitrogen and oxygen atoms in total. The summed E-state index contributed by atoms with van der Waals surface area (Å²) in [5.74, 6) is 1.61. The zero-order chi connectivity index (χ0) is 17.8. The average molecular weight is 346 g/mol. The van der Waals surface area contributed by atoms with Crippen LogP contribution in [-0.2, 0) is 20.5 Å². The van der Waals surface area contributed by atoms with Crippen LogP contribution in [0, 0.1) is 0 Å². The molecule has 0 amide bonds. The minimum absolute atomic E-state index is 0.0478. The van der Waals surface area contributed by atoms with E-state index in [9.17, 15) is 0 Å². The molecule has 0 saturated carbocycles. The average Bonchev–Trinajstić information content (AvgIpc) is 3.09. The van der Waals surface area contributed by atoms with E-state index >= 15 is 0 Å². The molecular formula is C19H27BO5. The van der Waals surface area contributed by atoms with Crippen LogP contribution in [0.2, 0.25) is 0 Å². The lowest BCUT2D eigenvalue weighted by Crippen LogP contribution is -2.41. The predicted molar refractivity (Wildman–Crippen MR) is 95.6 cm³/mol. The van der Waals surface area contributed by atoms with Crippen molar-refractivity contribution < 1.29 is 23.5 Å². The van der Waals surface area contributed by atoms with E-state index in [0.29, 0.717) is 6.61 Å². The third-order valence-electron chi connectivity index (χ3n) is 5.90. The maximum Gasteiger partial charge on any atom is 0.495 e. The highest BCUT2D eigenvalue weighted by molar-refractivity contribution is 6.62. The van der Waals surface area contributed by atoms with Gasteiger partial charge < -0.3 is 23.5 Å². The van der Waals surface area contributed by atoms with Gasteiger partial charge in [-0.2, -0.15) is 0 Å². The van der Waals surface area contributed by atoms with Gasteiger partial charge in [0.15, 0.2) is 11.5 Å². The fourth-order valence-corrected chi connectivity index (χ4v) is 3.80. The minimum Gasteiger partial charge on any atom is -0.454 e. The van der Waals surface area contributed by atoms with Gasteiger partial charge in [0.1, 0.15) is 0 Å². The van der Waals surface area contributed by atoms with E-state index in [1.54, 1.807) is 0 Å². The van der Waals surface area contributed by atoms with Gasteiger partial charge in [0.2, 0.25) is 6.79 Å². The molecule has 3 heterocycles. The molecule has 0 N–H and O–H groups in total. The molecule has 0 aliphatic carbocycles. The Morgan fingerprint density at radius 1 is 1.12 bits per heavy atom. The van der Waals surface area contributed by atoms with Crippen LogP contribution in [0.1, 0.15) is 64.7 Å². The van der Waals surface area contributed by atoms with Crippen molar-refractivity contribution in [2.24, 2.45) is 0 Å². The first-order valence-corrected chi connectivity index (χ1v) is 9.26. The number of rotatable bonds is 3. The van der Waals surface area contributed by atoms with Gasteiger partial charge in [-0.1, -0.05) is 13.3 Å². The molecule has 3 aliphatic rings. The predicted octanol–water partition coefficient (Wildman–Crippen LogP) is 3.13. The lowest BCUT2D eigenvalue weighted by atomic mass is 9.72. The summed E-state index contributed by atoms with van der Waals surface area (Å²) >= 11 is 0. The SMILES string of the molecule is CCCC1OCCc2c(B3OC(C)(C)C(C)(C)O3)cc3c(c21)OCO3. The van der Waals surface area contributed by atoms with Crippen molar-refractivity contribution in [1.29, 1.82) is 0 Å². The Morgan fingerprint density at radius 2 is 1.84 bits per heavy atom. The van der Waals surface area contributed by atoms with Crippen molar-refractivity contribution in [3.63, 3.8) is 0 Å². The van der Waals surface area contributed by atoms with Gasteiger partial charge >= 0.3 is 7.12 Å². The maximum absolute atomic E-state index is 6.31. The topological polar surface area (TPSA) is 46.2 Å². The summed E-state index contributed by atoms with van der Waals surface area (Å²) < 4.78 is 30.2. The third kappa shape index (κ3) is 2.66. The molecule has 1 saturated heterocycles. The van der Waals surface area contributed by atoms with E-state index in [1.807, 2.05) is 6.07 Å². The van der Waals surface area contributed by atoms with Crippen LogP contribution < -0.4 is 14.9 Å². The second-order valence-electron chi connectivity index (χ2n) is 8.08. The van der Waals surface area contributed by atoms with Gasteiger partial charge in [0.25, 0.3) is 0 Å². The monoisotopic (exact) mass is 346 g/mol. The molecule has 0 aromatic heterocycles. The molecule has 6 heteroatoms. The molecule has 0 radical (unpaired) electrons. The molecule has 25 heavy (non-hydrogen) atoms. The normalized spacial score (nSPS) is 26.0. The number of benzene rings is 1. The summed E-state index contributed by atoms with van der Waals surface area (Å²) in [6, 6.07) is 2.04. The van der Waals surface area contributed by atoms with Gasteiger partial charge in [-0.05, 0) is 57.6 Å². The largest absolute Gasteiger partial charge is 0.495 e. The number of ether oxygens (including phenoxy) is 3. The maximum atomic E-state index is 6.31. The van der Waals surface area contributed by atoms with Gasteiger partial charge in [-0.3, -0.25) is 0 Å². The van der Waals surface area contributed by atoms with Gasteiger partial charge in [0.05, 0.1) is 23.9 Å². The molecule has 1 fully saturated rings. The van der Waals surface area contributed by atoms with Crippen molar-refractivity contribution in [2.75, 3.05) is 13.4 Å². The fourth-order valence-electron chi connectivity index (χ4n) is 3.80. The van der Waals surface area contributed by atoms with Crippen LogP contribution in [0.3, 0.4) is 0 Å². The summed E-state index contributed by atoms with van der Waals surface area (Å²) in [5.41, 5.74) is 2.70. The lowest BCUT2D eigenvalue weighted by molar-refractivity contribution is 0.00578. The summed E-state index contributed by atoms with van der Waals surface area (Å²) in [7, 11) is -0.395. The Bertz CT molecular complexity index is 669. The van der Waals surface area contributed by atoms with Crippen molar-refractivity contribution in [3.05, 3.63) is 17.2 Å². The Morgan fingerprint density at radius 3 is 2.52 bits per heavy atom. The van der Waals surface area contributed by atoms with Crippen LogP contribution in [-0.4, -0.2) is 31.7 Å². The van der Waals surface area contributed by atoms with Crippen molar-refractivity contribution in [3.8, 4) is 11.5 Å². The van der Waals surface area contributed by atoms with Gasteiger partial charge in [0, 0.05) is 5.56 Å². The zero-order valence-corrected chi connectivity index (χ0v) is 15.8. The standard InChI is InChI=1S/C19H27BO5/c1-6-7-14-16-12(8-9-21-14)13(10-15-17(16)23-11-22-15)20-24-18(2,3)19(4,5)25-20/h10,14H,6-9,11H2,1-5H3. The van der Waals surface area contributed by atoms with Crippen molar-refractivity contribution in [1.82, 2.24) is 0 Å². The first-order chi connectivity index (χ1) is 11.8. The molecule has 1 atom stereocenters. The highest BCUT2D eigenvalue weighted by Crippen LogP contribution is 2.45. The Hall–Kier alpha value is -1.24. The Kier molecular flexibility index (Phi) is 4.06. The number of fused-ring (bicyclic) bond motifs is 3. The van der Waals surface area contributed by atoms with E-state index < -0.39 is 7.12 Å². The fraction of sp³-hybridized carbons (Fsp3) is 0.684. The van der Waals surface area contributed by atoms with E-state index in [0.717, 1.165) is 41.8 Å². The molecular weight excluding hydrogens is 319 g/mol. The smallest absolute Gasteiger partial charge is 0.454 e. The quantitative estimate of drug-likeness (QED) is 0.787. The summed E-state index contributed by atoms with van der Waals surface area (Å²) in [4.78, 5) is 0. The van der Waals surface area contributed by atoms with Crippen molar-refractivity contribution >= 4 is 12.6 Å². The molecule has 136 valence electrons. The van der Waals surface area contributed by atoms with Crippen LogP contribution >= 0.6 is 0 Å². The van der Waals surface area contributed by atoms with Crippen LogP contribution in [0.5, 0.6) is 11.5 Å². The van der Waals surface area contributed by atoms with Crippen LogP contribution in [0.15, 0.2) is 6.07 Å². The summed E-state index contributed by atoms with van der Waals surface area (Å²) in [6.45, 7) is 11.5. The van der Waals surface area contributed by atoms with Crippen LogP contribution in [0.4, 0.5) is 0 Å². The molecule has 4 rings (SSSR count). The van der Waals surface area contributed by atoms with Crippen molar-refractivity contribution in [2.45, 2.75) is 71.2 Å². The second-order valence-corrected chi connectivity index (χ2v) is 8.08. The highest BCUT2D eigenvalue weighted by atomic mass is 16.7. The summed E-state index contributed by atoms with van der Waals surface area (Å²) in [6.07, 6.45) is 2.91. The van der Waals surface area contributed by atoms with E-state index in [1.165, 1.54) is 5.56 Å². The zero-order valence-electron chi connectivity index (χ0n) is 15.8. The van der Waals surface area contributed by atoms with E-state index in [-0.39, 0.29) is 24.1 Å². The van der Waals surface area contributed by atoms with E-state index in [4.69, 9.17) is 23.5 Å². The van der Waals surface area contributed by atoms with Gasteiger partial charge in [-0.25, -0.2) is 0 Å². The lowest BCUT2D eigenvalue weighted by Gasteiger charge is -2.32. The van der Waals surface area contributed by atoms with Crippen LogP contribution in [0.25, 0.3) is 0 Å². The molecule has 0 bridgehead atoms. The molecule has 1 aromatic rings. The molecule has 0 spiro atoms. The second kappa shape index (κ2) is 5.90. The first kappa shape index (κ1) is 17.2. The van der Waals surface area contributed by atoms with E-state index in [2.05, 4.69) is 34.6 Å². The molecule has 3 aliphatic heterocycles. The first-order valence-electron chi connectivity index (χ1n) is 9.26. The Balaban J connectivity index is 1.81. The number of hydrogen-bond donors (Lipinski definition) is 0. The third-order valence-corrected chi connectivity index (χ3v) is 5.90. The number of hydrogen-bond acceptors (Lipinski definition) is 5. The molecule has 1 unspecified atom stereocenters. The summed E-state index contributed by atoms with van der Waals surface area (Å²) in [5, 5.41) is 0. The highest BCUT2D eigenvalue weighted by Gasteiger charge is 2.53. The van der Waals surface area contributed by atoms with Gasteiger partial charge in [-0.15, -0.1) is 0 Å². The minimum atomic E-state index is -0.395. The molecule has 1 aromatic carbocycles. The Labute approximate surface area is 150 Å².